The lowest BCUT2D eigenvalue weighted by atomic mass is 10.1. The van der Waals surface area contributed by atoms with Crippen LogP contribution in [0.1, 0.15) is 16.7 Å². The first kappa shape index (κ1) is 23.4. The zero-order valence-corrected chi connectivity index (χ0v) is 20.6. The third-order valence-electron chi connectivity index (χ3n) is 4.98. The summed E-state index contributed by atoms with van der Waals surface area (Å²) in [5, 5.41) is 11.5. The SMILES string of the molecule is N#Cc1ccccc1COc1ccc(Br)cc1/C=C1\C(=O)NC(=O)N(c2ccc(Br)cc2)C1=O. The normalized spacial score (nSPS) is 14.7. The van der Waals surface area contributed by atoms with Crippen molar-refractivity contribution in [3.63, 3.8) is 0 Å². The van der Waals surface area contributed by atoms with Crippen molar-refractivity contribution in [1.82, 2.24) is 5.32 Å². The van der Waals surface area contributed by atoms with Gasteiger partial charge in [0.05, 0.1) is 17.3 Å². The molecule has 0 bridgehead atoms. The highest BCUT2D eigenvalue weighted by molar-refractivity contribution is 9.10. The van der Waals surface area contributed by atoms with Gasteiger partial charge in [0.15, 0.2) is 0 Å². The molecule has 4 rings (SSSR count). The van der Waals surface area contributed by atoms with Gasteiger partial charge in [-0.05, 0) is 54.6 Å². The van der Waals surface area contributed by atoms with Crippen molar-refractivity contribution >= 4 is 61.5 Å². The molecule has 4 amide bonds. The molecule has 1 saturated heterocycles. The van der Waals surface area contributed by atoms with Crippen LogP contribution in [-0.4, -0.2) is 17.8 Å². The smallest absolute Gasteiger partial charge is 0.335 e. The van der Waals surface area contributed by atoms with E-state index in [2.05, 4.69) is 43.2 Å². The maximum absolute atomic E-state index is 13.2. The number of carbonyl (C=O) groups excluding carboxylic acids is 3. The van der Waals surface area contributed by atoms with Crippen molar-refractivity contribution in [3.05, 3.63) is 97.9 Å². The summed E-state index contributed by atoms with van der Waals surface area (Å²) < 4.78 is 7.42. The van der Waals surface area contributed by atoms with E-state index in [0.717, 1.165) is 9.37 Å². The quantitative estimate of drug-likeness (QED) is 0.325. The van der Waals surface area contributed by atoms with Crippen molar-refractivity contribution in [2.24, 2.45) is 0 Å². The van der Waals surface area contributed by atoms with Gasteiger partial charge in [-0.2, -0.15) is 5.26 Å². The molecule has 1 fully saturated rings. The van der Waals surface area contributed by atoms with Crippen molar-refractivity contribution in [2.45, 2.75) is 6.61 Å². The first-order valence-corrected chi connectivity index (χ1v) is 11.5. The third-order valence-corrected chi connectivity index (χ3v) is 6.00. The monoisotopic (exact) mass is 579 g/mol. The Bertz CT molecular complexity index is 1380. The van der Waals surface area contributed by atoms with Crippen molar-refractivity contribution in [3.8, 4) is 11.8 Å². The van der Waals surface area contributed by atoms with Gasteiger partial charge < -0.3 is 4.74 Å². The molecule has 0 radical (unpaired) electrons. The summed E-state index contributed by atoms with van der Waals surface area (Å²) in [7, 11) is 0. The number of nitriles is 1. The average Bonchev–Trinajstić information content (AvgIpc) is 2.82. The highest BCUT2D eigenvalue weighted by Crippen LogP contribution is 2.29. The maximum Gasteiger partial charge on any atom is 0.335 e. The van der Waals surface area contributed by atoms with E-state index in [9.17, 15) is 19.6 Å². The fraction of sp³-hybridized carbons (Fsp3) is 0.0400. The van der Waals surface area contributed by atoms with Crippen molar-refractivity contribution < 1.29 is 19.1 Å². The van der Waals surface area contributed by atoms with Crippen molar-refractivity contribution in [1.29, 1.82) is 5.26 Å². The third kappa shape index (κ3) is 4.93. The molecule has 168 valence electrons. The summed E-state index contributed by atoms with van der Waals surface area (Å²) >= 11 is 6.71. The Hall–Kier alpha value is -3.74. The van der Waals surface area contributed by atoms with E-state index in [1.807, 2.05) is 6.07 Å². The molecule has 7 nitrogen and oxygen atoms in total. The second kappa shape index (κ2) is 10.0. The number of hydrogen-bond acceptors (Lipinski definition) is 5. The number of barbiturate groups is 1. The summed E-state index contributed by atoms with van der Waals surface area (Å²) in [6.45, 7) is 0.116. The molecule has 1 aliphatic heterocycles. The van der Waals surface area contributed by atoms with Gasteiger partial charge in [0, 0.05) is 20.1 Å². The van der Waals surface area contributed by atoms with Crippen molar-refractivity contribution in [2.75, 3.05) is 4.90 Å². The van der Waals surface area contributed by atoms with Gasteiger partial charge in [-0.3, -0.25) is 14.9 Å². The fourth-order valence-corrected chi connectivity index (χ4v) is 3.96. The topological polar surface area (TPSA) is 99.5 Å². The van der Waals surface area contributed by atoms with E-state index < -0.39 is 17.8 Å². The molecule has 3 aromatic carbocycles. The number of carbonyl (C=O) groups is 3. The van der Waals surface area contributed by atoms with Crippen LogP contribution in [-0.2, 0) is 16.2 Å². The van der Waals surface area contributed by atoms with E-state index in [0.29, 0.717) is 32.6 Å². The number of benzene rings is 3. The van der Waals surface area contributed by atoms with E-state index in [1.54, 1.807) is 60.7 Å². The minimum atomic E-state index is -0.826. The van der Waals surface area contributed by atoms with Gasteiger partial charge >= 0.3 is 6.03 Å². The predicted octanol–water partition coefficient (Wildman–Crippen LogP) is 5.33. The number of imide groups is 2. The van der Waals surface area contributed by atoms with Crippen LogP contribution in [0.2, 0.25) is 0 Å². The maximum atomic E-state index is 13.2. The highest BCUT2D eigenvalue weighted by Gasteiger charge is 2.37. The Labute approximate surface area is 211 Å². The Morgan fingerprint density at radius 2 is 1.68 bits per heavy atom. The first-order valence-electron chi connectivity index (χ1n) is 9.95. The number of urea groups is 1. The number of nitrogens with zero attached hydrogens (tertiary/aromatic N) is 2. The van der Waals surface area contributed by atoms with Gasteiger partial charge in [0.1, 0.15) is 17.9 Å². The number of anilines is 1. The molecule has 0 aliphatic carbocycles. The molecule has 1 aliphatic rings. The van der Waals surface area contributed by atoms with E-state index in [-0.39, 0.29) is 12.2 Å². The molecule has 0 saturated carbocycles. The lowest BCUT2D eigenvalue weighted by Gasteiger charge is -2.26. The van der Waals surface area contributed by atoms with Crippen LogP contribution in [0.15, 0.2) is 81.2 Å². The molecule has 0 aromatic heterocycles. The highest BCUT2D eigenvalue weighted by atomic mass is 79.9. The summed E-state index contributed by atoms with van der Waals surface area (Å²) in [6, 6.07) is 20.1. The van der Waals surface area contributed by atoms with Gasteiger partial charge in [-0.25, -0.2) is 9.69 Å². The molecular weight excluding hydrogens is 566 g/mol. The molecule has 0 unspecified atom stereocenters. The number of hydrogen-bond donors (Lipinski definition) is 1. The zero-order chi connectivity index (χ0) is 24.2. The minimum Gasteiger partial charge on any atom is -0.488 e. The molecule has 3 aromatic rings. The van der Waals surface area contributed by atoms with Gasteiger partial charge in [0.25, 0.3) is 11.8 Å². The van der Waals surface area contributed by atoms with Gasteiger partial charge in [-0.15, -0.1) is 0 Å². The van der Waals surface area contributed by atoms with Crippen LogP contribution in [0, 0.1) is 11.3 Å². The molecule has 9 heteroatoms. The summed E-state index contributed by atoms with van der Waals surface area (Å²) in [4.78, 5) is 39.1. The zero-order valence-electron chi connectivity index (χ0n) is 17.4. The van der Waals surface area contributed by atoms with E-state index in [1.165, 1.54) is 6.08 Å². The Morgan fingerprint density at radius 3 is 2.41 bits per heavy atom. The molecule has 34 heavy (non-hydrogen) atoms. The molecule has 0 atom stereocenters. The number of nitrogens with one attached hydrogen (secondary N) is 1. The Balaban J connectivity index is 1.68. The van der Waals surface area contributed by atoms with E-state index in [4.69, 9.17) is 4.74 Å². The van der Waals surface area contributed by atoms with Crippen LogP contribution in [0.5, 0.6) is 5.75 Å². The minimum absolute atomic E-state index is 0.116. The number of amides is 4. The van der Waals surface area contributed by atoms with Crippen LogP contribution in [0.25, 0.3) is 6.08 Å². The van der Waals surface area contributed by atoms with Crippen LogP contribution in [0.3, 0.4) is 0 Å². The Morgan fingerprint density at radius 1 is 0.971 bits per heavy atom. The average molecular weight is 581 g/mol. The molecular formula is C25H15Br2N3O4. The predicted molar refractivity (Wildman–Crippen MR) is 133 cm³/mol. The fourth-order valence-electron chi connectivity index (χ4n) is 3.31. The second-order valence-corrected chi connectivity index (χ2v) is 9.01. The lowest BCUT2D eigenvalue weighted by Crippen LogP contribution is -2.54. The van der Waals surface area contributed by atoms with Gasteiger partial charge in [-0.1, -0.05) is 50.1 Å². The second-order valence-electron chi connectivity index (χ2n) is 7.17. The number of rotatable bonds is 5. The first-order chi connectivity index (χ1) is 16.4. The standard InChI is InChI=1S/C25H15Br2N3O4/c26-18-5-8-20(9-6-18)30-24(32)21(23(31)29-25(30)33)12-17-11-19(27)7-10-22(17)34-14-16-4-2-1-3-15(16)13-28/h1-12H,14H2,(H,29,31,33)/b21-12+. The summed E-state index contributed by atoms with van der Waals surface area (Å²) in [5.41, 5.74) is 1.74. The van der Waals surface area contributed by atoms with Crippen LogP contribution >= 0.6 is 31.9 Å². The molecule has 0 spiro atoms. The lowest BCUT2D eigenvalue weighted by molar-refractivity contribution is -0.122. The van der Waals surface area contributed by atoms with Gasteiger partial charge in [0.2, 0.25) is 0 Å². The van der Waals surface area contributed by atoms with E-state index >= 15 is 0 Å². The van der Waals surface area contributed by atoms with Crippen LogP contribution < -0.4 is 15.0 Å². The van der Waals surface area contributed by atoms with Crippen LogP contribution in [0.4, 0.5) is 10.5 Å². The summed E-state index contributed by atoms with van der Waals surface area (Å²) in [5.74, 6) is -1.16. The summed E-state index contributed by atoms with van der Waals surface area (Å²) in [6.07, 6.45) is 1.38. The largest absolute Gasteiger partial charge is 0.488 e. The number of halogens is 2. The molecule has 1 heterocycles. The molecule has 1 N–H and O–H groups in total. The number of ether oxygens (including phenoxy) is 1. The Kier molecular flexibility index (Phi) is 6.91.